The largest absolute Gasteiger partial charge is 0.390 e. The van der Waals surface area contributed by atoms with Crippen molar-refractivity contribution < 1.29 is 13.6 Å². The number of aldehydes is 1. The van der Waals surface area contributed by atoms with Gasteiger partial charge in [-0.1, -0.05) is 30.3 Å². The smallest absolute Gasteiger partial charge is 0.332 e. The number of hydrogen-bond acceptors (Lipinski definition) is 3. The first-order valence-electron chi connectivity index (χ1n) is 8.08. The van der Waals surface area contributed by atoms with Gasteiger partial charge in [0, 0.05) is 12.0 Å². The van der Waals surface area contributed by atoms with Crippen LogP contribution < -0.4 is 0 Å². The molecule has 0 bridgehead atoms. The van der Waals surface area contributed by atoms with Crippen molar-refractivity contribution in [2.75, 3.05) is 0 Å². The minimum absolute atomic E-state index is 0.0135. The Morgan fingerprint density at radius 2 is 1.91 bits per heavy atom. The number of rotatable bonds is 4. The van der Waals surface area contributed by atoms with Crippen molar-refractivity contribution in [1.29, 1.82) is 0 Å². The molecule has 0 aromatic heterocycles. The van der Waals surface area contributed by atoms with Crippen molar-refractivity contribution in [3.05, 3.63) is 47.0 Å². The van der Waals surface area contributed by atoms with Gasteiger partial charge in [0.05, 0.1) is 11.7 Å². The minimum atomic E-state index is -2.25. The highest BCUT2D eigenvalue weighted by Gasteiger charge is 2.36. The summed E-state index contributed by atoms with van der Waals surface area (Å²) in [5.41, 5.74) is 2.97. The SMILES string of the molecule is CC(C)(C)O[Si](C)(C)OC1Cc2ccc(C=O)c3cccc1c23. The molecule has 1 unspecified atom stereocenters. The van der Waals surface area contributed by atoms with E-state index in [1.165, 1.54) is 16.5 Å². The molecule has 122 valence electrons. The monoisotopic (exact) mass is 328 g/mol. The number of hydrogen-bond donors (Lipinski definition) is 0. The van der Waals surface area contributed by atoms with Gasteiger partial charge in [0.1, 0.15) is 0 Å². The fourth-order valence-electron chi connectivity index (χ4n) is 3.59. The van der Waals surface area contributed by atoms with Gasteiger partial charge in [0.2, 0.25) is 0 Å². The van der Waals surface area contributed by atoms with Crippen LogP contribution in [-0.2, 0) is 15.3 Å². The fourth-order valence-corrected chi connectivity index (χ4v) is 6.01. The van der Waals surface area contributed by atoms with Gasteiger partial charge in [-0.3, -0.25) is 4.79 Å². The maximum atomic E-state index is 11.3. The zero-order valence-corrected chi connectivity index (χ0v) is 15.5. The van der Waals surface area contributed by atoms with Crippen LogP contribution in [0.2, 0.25) is 13.1 Å². The second-order valence-corrected chi connectivity index (χ2v) is 10.9. The predicted molar refractivity (Wildman–Crippen MR) is 95.2 cm³/mol. The molecule has 0 spiro atoms. The topological polar surface area (TPSA) is 35.5 Å². The Morgan fingerprint density at radius 3 is 2.57 bits per heavy atom. The lowest BCUT2D eigenvalue weighted by Crippen LogP contribution is -2.43. The second kappa shape index (κ2) is 5.55. The highest BCUT2D eigenvalue weighted by molar-refractivity contribution is 6.64. The van der Waals surface area contributed by atoms with Gasteiger partial charge in [0.15, 0.2) is 6.29 Å². The second-order valence-electron chi connectivity index (χ2n) is 7.63. The molecule has 0 heterocycles. The van der Waals surface area contributed by atoms with Crippen molar-refractivity contribution in [2.24, 2.45) is 0 Å². The lowest BCUT2D eigenvalue weighted by atomic mass is 10.0. The molecular formula is C19H24O3Si. The Balaban J connectivity index is 1.96. The molecule has 1 aliphatic carbocycles. The molecule has 0 amide bonds. The first-order chi connectivity index (χ1) is 10.7. The molecule has 0 aliphatic heterocycles. The first-order valence-corrected chi connectivity index (χ1v) is 10.9. The molecule has 0 N–H and O–H groups in total. The molecule has 3 nitrogen and oxygen atoms in total. The van der Waals surface area contributed by atoms with E-state index in [0.717, 1.165) is 23.7 Å². The molecule has 0 fully saturated rings. The van der Waals surface area contributed by atoms with Crippen molar-refractivity contribution in [2.45, 2.75) is 52.0 Å². The van der Waals surface area contributed by atoms with Crippen molar-refractivity contribution in [3.63, 3.8) is 0 Å². The van der Waals surface area contributed by atoms with Crippen LogP contribution in [0.1, 0.15) is 48.4 Å². The van der Waals surface area contributed by atoms with E-state index in [1.807, 2.05) is 18.2 Å². The summed E-state index contributed by atoms with van der Waals surface area (Å²) in [5, 5.41) is 2.21. The van der Waals surface area contributed by atoms with Crippen LogP contribution in [-0.4, -0.2) is 20.4 Å². The van der Waals surface area contributed by atoms with Crippen molar-refractivity contribution >= 4 is 25.6 Å². The quantitative estimate of drug-likeness (QED) is 0.598. The summed E-state index contributed by atoms with van der Waals surface area (Å²) >= 11 is 0. The Bertz CT molecular complexity index is 759. The molecule has 1 aliphatic rings. The molecule has 0 saturated heterocycles. The summed E-state index contributed by atoms with van der Waals surface area (Å²) in [7, 11) is -2.25. The van der Waals surface area contributed by atoms with Crippen molar-refractivity contribution in [3.8, 4) is 0 Å². The zero-order valence-electron chi connectivity index (χ0n) is 14.5. The molecule has 23 heavy (non-hydrogen) atoms. The first kappa shape index (κ1) is 16.4. The number of benzene rings is 2. The molecule has 2 aromatic rings. The third-order valence-corrected chi connectivity index (χ3v) is 6.01. The Hall–Kier alpha value is -1.49. The lowest BCUT2D eigenvalue weighted by molar-refractivity contribution is 0.0483. The van der Waals surface area contributed by atoms with Crippen molar-refractivity contribution in [1.82, 2.24) is 0 Å². The maximum Gasteiger partial charge on any atom is 0.332 e. The lowest BCUT2D eigenvalue weighted by Gasteiger charge is -2.34. The van der Waals surface area contributed by atoms with Crippen LogP contribution in [0.3, 0.4) is 0 Å². The van der Waals surface area contributed by atoms with Gasteiger partial charge in [-0.25, -0.2) is 0 Å². The van der Waals surface area contributed by atoms with Gasteiger partial charge in [-0.05, 0) is 55.8 Å². The van der Waals surface area contributed by atoms with Gasteiger partial charge < -0.3 is 8.85 Å². The molecule has 2 aromatic carbocycles. The normalized spacial score (nSPS) is 17.7. The Morgan fingerprint density at radius 1 is 1.17 bits per heavy atom. The summed E-state index contributed by atoms with van der Waals surface area (Å²) in [6.07, 6.45) is 1.79. The van der Waals surface area contributed by atoms with E-state index in [9.17, 15) is 4.79 Å². The van der Waals surface area contributed by atoms with E-state index < -0.39 is 8.56 Å². The van der Waals surface area contributed by atoms with Crippen LogP contribution >= 0.6 is 0 Å². The van der Waals surface area contributed by atoms with E-state index in [4.69, 9.17) is 8.85 Å². The fraction of sp³-hybridized carbons (Fsp3) is 0.421. The summed E-state index contributed by atoms with van der Waals surface area (Å²) in [6, 6.07) is 10.1. The molecule has 0 radical (unpaired) electrons. The predicted octanol–water partition coefficient (Wildman–Crippen LogP) is 4.78. The minimum Gasteiger partial charge on any atom is -0.390 e. The molecule has 4 heteroatoms. The number of carbonyl (C=O) groups excluding carboxylic acids is 1. The average molecular weight is 328 g/mol. The average Bonchev–Trinajstić information content (AvgIpc) is 2.76. The Kier molecular flexibility index (Phi) is 3.95. The van der Waals surface area contributed by atoms with Gasteiger partial charge in [-0.2, -0.15) is 0 Å². The van der Waals surface area contributed by atoms with Crippen LogP contribution in [0.5, 0.6) is 0 Å². The van der Waals surface area contributed by atoms with Crippen LogP contribution in [0.15, 0.2) is 30.3 Å². The van der Waals surface area contributed by atoms with E-state index in [0.29, 0.717) is 0 Å². The Labute approximate surface area is 138 Å². The molecular weight excluding hydrogens is 304 g/mol. The van der Waals surface area contributed by atoms with E-state index in [1.54, 1.807) is 0 Å². The summed E-state index contributed by atoms with van der Waals surface area (Å²) in [5.74, 6) is 0. The highest BCUT2D eigenvalue weighted by atomic mass is 28.4. The van der Waals surface area contributed by atoms with Crippen LogP contribution in [0.4, 0.5) is 0 Å². The summed E-state index contributed by atoms with van der Waals surface area (Å²) < 4.78 is 12.6. The van der Waals surface area contributed by atoms with E-state index in [2.05, 4.69) is 46.0 Å². The standard InChI is InChI=1S/C19H24O3Si/c1-19(2,3)22-23(4,5)21-17-11-13-9-10-14(12-20)15-7-6-8-16(17)18(13)15/h6-10,12,17H,11H2,1-5H3. The molecule has 3 rings (SSSR count). The molecule has 0 saturated carbocycles. The maximum absolute atomic E-state index is 11.3. The van der Waals surface area contributed by atoms with Crippen LogP contribution in [0.25, 0.3) is 10.8 Å². The number of carbonyl (C=O) groups is 1. The summed E-state index contributed by atoms with van der Waals surface area (Å²) in [4.78, 5) is 11.3. The van der Waals surface area contributed by atoms with Gasteiger partial charge in [-0.15, -0.1) is 0 Å². The van der Waals surface area contributed by atoms with Crippen LogP contribution in [0, 0.1) is 0 Å². The third-order valence-electron chi connectivity index (χ3n) is 4.05. The van der Waals surface area contributed by atoms with E-state index >= 15 is 0 Å². The van der Waals surface area contributed by atoms with Gasteiger partial charge >= 0.3 is 8.56 Å². The molecule has 1 atom stereocenters. The highest BCUT2D eigenvalue weighted by Crippen LogP contribution is 2.41. The third kappa shape index (κ3) is 3.25. The van der Waals surface area contributed by atoms with Gasteiger partial charge in [0.25, 0.3) is 0 Å². The zero-order chi connectivity index (χ0) is 16.8. The summed E-state index contributed by atoms with van der Waals surface area (Å²) in [6.45, 7) is 10.4. The van der Waals surface area contributed by atoms with E-state index in [-0.39, 0.29) is 11.7 Å².